The van der Waals surface area contributed by atoms with Crippen LogP contribution < -0.4 is 15.8 Å². The van der Waals surface area contributed by atoms with E-state index >= 15 is 4.39 Å². The van der Waals surface area contributed by atoms with E-state index in [9.17, 15) is 18.0 Å². The maximum absolute atomic E-state index is 15.8. The number of benzene rings is 1. The predicted octanol–water partition coefficient (Wildman–Crippen LogP) is 10.1. The first-order valence-corrected chi connectivity index (χ1v) is 18.1. The van der Waals surface area contributed by atoms with Crippen molar-refractivity contribution in [2.75, 3.05) is 32.2 Å². The first-order valence-electron chi connectivity index (χ1n) is 18.1. The molecule has 3 rings (SSSR count). The van der Waals surface area contributed by atoms with Gasteiger partial charge < -0.3 is 25.4 Å². The topological polar surface area (TPSA) is 102 Å². The van der Waals surface area contributed by atoms with Crippen molar-refractivity contribution in [2.24, 2.45) is 34.4 Å². The van der Waals surface area contributed by atoms with Crippen LogP contribution >= 0.6 is 0 Å². The number of hydrogen-bond acceptors (Lipinski definition) is 8. The number of aromatic nitrogens is 1. The van der Waals surface area contributed by atoms with E-state index in [2.05, 4.69) is 56.5 Å². The number of nitrogens with one attached hydrogen (secondary N) is 1. The molecule has 0 saturated heterocycles. The molecule has 1 aliphatic rings. The van der Waals surface area contributed by atoms with Gasteiger partial charge in [-0.1, -0.05) is 48.1 Å². The number of anilines is 1. The third-order valence-corrected chi connectivity index (χ3v) is 8.69. The normalized spacial score (nSPS) is 15.6. The van der Waals surface area contributed by atoms with Crippen LogP contribution in [0.25, 0.3) is 5.57 Å². The lowest BCUT2D eigenvalue weighted by Gasteiger charge is -2.36. The van der Waals surface area contributed by atoms with Crippen molar-refractivity contribution in [3.8, 4) is 5.75 Å². The average Bonchev–Trinajstić information content (AvgIpc) is 3.11. The van der Waals surface area contributed by atoms with Gasteiger partial charge in [0.2, 0.25) is 0 Å². The molecular formula is C40H57F4N5O3. The number of aliphatic imine (C=N–C) groups is 1. The number of aldehydes is 1. The SMILES string of the molecule is C=C(C(CCC(C)COCCC)CC(C)C)N1C=CN=C(N)/C1=C(\c1c(F)cc(C=O)cc1OCC)C(C)CC.CNc1cc(C(F)(F)F)ccn1. The maximum Gasteiger partial charge on any atom is 0.416 e. The molecular weight excluding hydrogens is 674 g/mol. The molecule has 288 valence electrons. The number of rotatable bonds is 18. The summed E-state index contributed by atoms with van der Waals surface area (Å²) in [5.41, 5.74) is 8.64. The Kier molecular flexibility index (Phi) is 18.1. The van der Waals surface area contributed by atoms with Gasteiger partial charge in [-0.25, -0.2) is 14.4 Å². The lowest BCUT2D eigenvalue weighted by Crippen LogP contribution is -2.34. The summed E-state index contributed by atoms with van der Waals surface area (Å²) < 4.78 is 63.6. The first-order chi connectivity index (χ1) is 24.6. The number of carbonyl (C=O) groups is 1. The van der Waals surface area contributed by atoms with Gasteiger partial charge in [0.15, 0.2) is 0 Å². The zero-order valence-electron chi connectivity index (χ0n) is 31.9. The number of carbonyl (C=O) groups excluding carboxylic acids is 1. The molecule has 8 nitrogen and oxygen atoms in total. The summed E-state index contributed by atoms with van der Waals surface area (Å²) in [6.45, 7) is 21.1. The van der Waals surface area contributed by atoms with Crippen LogP contribution in [0.15, 0.2) is 65.8 Å². The van der Waals surface area contributed by atoms with Crippen LogP contribution in [0.5, 0.6) is 5.75 Å². The second kappa shape index (κ2) is 21.4. The number of allylic oxidation sites excluding steroid dienone is 2. The molecule has 0 aliphatic carbocycles. The van der Waals surface area contributed by atoms with Crippen molar-refractivity contribution < 1.29 is 31.8 Å². The molecule has 0 saturated carbocycles. The highest BCUT2D eigenvalue weighted by atomic mass is 19.4. The molecule has 0 bridgehead atoms. The fourth-order valence-corrected chi connectivity index (χ4v) is 5.88. The van der Waals surface area contributed by atoms with Crippen molar-refractivity contribution in [1.29, 1.82) is 0 Å². The Labute approximate surface area is 307 Å². The molecule has 1 aromatic carbocycles. The highest BCUT2D eigenvalue weighted by Crippen LogP contribution is 2.42. The molecule has 3 unspecified atom stereocenters. The molecule has 3 atom stereocenters. The quantitative estimate of drug-likeness (QED) is 0.0894. The number of halogens is 4. The fraction of sp³-hybridized carbons (Fsp3) is 0.525. The molecule has 12 heteroatoms. The van der Waals surface area contributed by atoms with Gasteiger partial charge in [-0.2, -0.15) is 13.2 Å². The Hall–Kier alpha value is -4.19. The largest absolute Gasteiger partial charge is 0.493 e. The standard InChI is InChI=1S/C33H50FN3O3.C7H7F3N2/c1-9-16-39-21-23(6)12-13-27(17-22(4)5)25(8)37-15-14-36-33(35)32(37)30(24(7)10-2)31-28(34)18-26(20-38)19-29(31)40-11-3;1-11-6-4-5(2-3-12-6)7(8,9)10/h14-15,18-20,22-24,27H,8-13,16-17,21H2,1-7H3,(H2,35,36);2-4H,1H3,(H,11,12)/b32-30+;. The van der Waals surface area contributed by atoms with E-state index < -0.39 is 17.6 Å². The molecule has 52 heavy (non-hydrogen) atoms. The molecule has 3 N–H and O–H groups in total. The number of nitrogens with zero attached hydrogens (tertiary/aromatic N) is 3. The van der Waals surface area contributed by atoms with Crippen molar-refractivity contribution >= 4 is 23.5 Å². The number of nitrogens with two attached hydrogens (primary N) is 1. The number of alkyl halides is 3. The Morgan fingerprint density at radius 3 is 2.40 bits per heavy atom. The van der Waals surface area contributed by atoms with Gasteiger partial charge in [-0.05, 0) is 92.5 Å². The minimum atomic E-state index is -4.30. The fourth-order valence-electron chi connectivity index (χ4n) is 5.88. The van der Waals surface area contributed by atoms with E-state index in [1.165, 1.54) is 13.1 Å². The number of ether oxygens (including phenoxy) is 2. The lowest BCUT2D eigenvalue weighted by atomic mass is 9.85. The predicted molar refractivity (Wildman–Crippen MR) is 202 cm³/mol. The zero-order valence-corrected chi connectivity index (χ0v) is 31.9. The monoisotopic (exact) mass is 731 g/mol. The van der Waals surface area contributed by atoms with Crippen LogP contribution in [0.2, 0.25) is 0 Å². The summed E-state index contributed by atoms with van der Waals surface area (Å²) in [4.78, 5) is 21.6. The Balaban J connectivity index is 0.000000657. The number of pyridine rings is 1. The molecule has 0 fully saturated rings. The third kappa shape index (κ3) is 12.8. The van der Waals surface area contributed by atoms with E-state index in [1.807, 2.05) is 24.9 Å². The number of amidine groups is 1. The van der Waals surface area contributed by atoms with Gasteiger partial charge in [0, 0.05) is 50.1 Å². The van der Waals surface area contributed by atoms with Crippen LogP contribution in [0.4, 0.5) is 23.4 Å². The van der Waals surface area contributed by atoms with Crippen LogP contribution in [0.3, 0.4) is 0 Å². The molecule has 0 amide bonds. The van der Waals surface area contributed by atoms with Crippen molar-refractivity contribution in [1.82, 2.24) is 9.88 Å². The Morgan fingerprint density at radius 1 is 1.12 bits per heavy atom. The smallest absolute Gasteiger partial charge is 0.416 e. The average molecular weight is 732 g/mol. The van der Waals surface area contributed by atoms with Crippen LogP contribution in [-0.4, -0.2) is 48.9 Å². The van der Waals surface area contributed by atoms with Gasteiger partial charge in [0.1, 0.15) is 29.5 Å². The zero-order chi connectivity index (χ0) is 39.0. The Bertz CT molecular complexity index is 1550. The second-order valence-corrected chi connectivity index (χ2v) is 13.4. The molecule has 0 radical (unpaired) electrons. The van der Waals surface area contributed by atoms with Gasteiger partial charge in [-0.15, -0.1) is 0 Å². The van der Waals surface area contributed by atoms with Crippen molar-refractivity contribution in [3.05, 3.63) is 83.3 Å². The molecule has 2 aromatic rings. The minimum Gasteiger partial charge on any atom is -0.493 e. The molecule has 0 spiro atoms. The second-order valence-electron chi connectivity index (χ2n) is 13.4. The highest BCUT2D eigenvalue weighted by Gasteiger charge is 2.32. The maximum atomic E-state index is 15.8. The summed E-state index contributed by atoms with van der Waals surface area (Å²) in [5.74, 6) is 1.31. The van der Waals surface area contributed by atoms with Crippen molar-refractivity contribution in [3.63, 3.8) is 0 Å². The van der Waals surface area contributed by atoms with Gasteiger partial charge in [0.05, 0.1) is 23.4 Å². The Morgan fingerprint density at radius 2 is 1.83 bits per heavy atom. The van der Waals surface area contributed by atoms with E-state index in [1.54, 1.807) is 12.3 Å². The summed E-state index contributed by atoms with van der Waals surface area (Å²) in [6.07, 6.45) is 5.66. The van der Waals surface area contributed by atoms with E-state index in [0.717, 1.165) is 69.3 Å². The number of hydrogen-bond donors (Lipinski definition) is 2. The van der Waals surface area contributed by atoms with E-state index in [4.69, 9.17) is 15.2 Å². The molecule has 1 aromatic heterocycles. The van der Waals surface area contributed by atoms with Crippen LogP contribution in [0.1, 0.15) is 102 Å². The summed E-state index contributed by atoms with van der Waals surface area (Å²) in [7, 11) is 1.52. The van der Waals surface area contributed by atoms with Crippen molar-refractivity contribution in [2.45, 2.75) is 86.7 Å². The van der Waals surface area contributed by atoms with Crippen LogP contribution in [-0.2, 0) is 10.9 Å². The minimum absolute atomic E-state index is 0.0828. The van der Waals surface area contributed by atoms with Gasteiger partial charge in [-0.3, -0.25) is 4.79 Å². The summed E-state index contributed by atoms with van der Waals surface area (Å²) in [5, 5.41) is 2.53. The van der Waals surface area contributed by atoms with Gasteiger partial charge in [0.25, 0.3) is 0 Å². The highest BCUT2D eigenvalue weighted by molar-refractivity contribution is 6.05. The van der Waals surface area contributed by atoms with E-state index in [0.29, 0.717) is 53.1 Å². The van der Waals surface area contributed by atoms with E-state index in [-0.39, 0.29) is 23.2 Å². The molecule has 2 heterocycles. The first kappa shape index (κ1) is 44.0. The van der Waals surface area contributed by atoms with Crippen LogP contribution in [0, 0.1) is 29.5 Å². The third-order valence-electron chi connectivity index (χ3n) is 8.69. The summed E-state index contributed by atoms with van der Waals surface area (Å²) >= 11 is 0. The molecule has 1 aliphatic heterocycles. The summed E-state index contributed by atoms with van der Waals surface area (Å²) in [6, 6.07) is 4.73. The van der Waals surface area contributed by atoms with Gasteiger partial charge >= 0.3 is 6.18 Å². The lowest BCUT2D eigenvalue weighted by molar-refractivity contribution is -0.137.